The third-order valence-corrected chi connectivity index (χ3v) is 3.94. The largest absolute Gasteiger partial charge is 0.352 e. The molecule has 2 atom stereocenters. The van der Waals surface area contributed by atoms with Gasteiger partial charge in [0.2, 0.25) is 5.91 Å². The lowest BCUT2D eigenvalue weighted by molar-refractivity contribution is -0.123. The fourth-order valence-electron chi connectivity index (χ4n) is 1.96. The van der Waals surface area contributed by atoms with E-state index < -0.39 is 5.82 Å². The van der Waals surface area contributed by atoms with Crippen LogP contribution in [0.5, 0.6) is 0 Å². The van der Waals surface area contributed by atoms with Crippen LogP contribution in [-0.2, 0) is 4.79 Å². The van der Waals surface area contributed by atoms with E-state index >= 15 is 0 Å². The maximum Gasteiger partial charge on any atom is 0.237 e. The Bertz CT molecular complexity index is 520. The van der Waals surface area contributed by atoms with Crippen LogP contribution in [0.2, 0.25) is 10.0 Å². The number of hydrogen-bond acceptors (Lipinski definition) is 2. The van der Waals surface area contributed by atoms with E-state index in [-0.39, 0.29) is 23.0 Å². The fraction of sp³-hybridized carbons (Fsp3) is 0.500. The Labute approximate surface area is 127 Å². The molecular weight excluding hydrogens is 302 g/mol. The number of amides is 1. The number of nitrogens with one attached hydrogen (secondary N) is 2. The Hall–Kier alpha value is -0.840. The van der Waals surface area contributed by atoms with Gasteiger partial charge in [0.15, 0.2) is 0 Å². The second kappa shape index (κ2) is 6.29. The van der Waals surface area contributed by atoms with E-state index in [9.17, 15) is 9.18 Å². The fourth-order valence-corrected chi connectivity index (χ4v) is 2.51. The molecule has 0 radical (unpaired) electrons. The lowest BCUT2D eigenvalue weighted by Crippen LogP contribution is -2.43. The standard InChI is InChI=1S/C14H17Cl2FN2O/c1-7(10-5-13(17)12(16)6-11(10)15)18-8(2)14(20)19-9-3-4-9/h5-9,18H,3-4H2,1-2H3,(H,19,20)/t7-,8-/m1/s1. The van der Waals surface area contributed by atoms with Gasteiger partial charge in [-0.15, -0.1) is 0 Å². The van der Waals surface area contributed by atoms with Crippen LogP contribution in [0.1, 0.15) is 38.3 Å². The Kier molecular flexibility index (Phi) is 4.89. The summed E-state index contributed by atoms with van der Waals surface area (Å²) in [6.07, 6.45) is 2.09. The molecule has 0 aromatic heterocycles. The van der Waals surface area contributed by atoms with Crippen LogP contribution >= 0.6 is 23.2 Å². The first-order valence-corrected chi connectivity index (χ1v) is 7.35. The van der Waals surface area contributed by atoms with Crippen LogP contribution in [0.4, 0.5) is 4.39 Å². The molecule has 1 aliphatic carbocycles. The molecule has 0 unspecified atom stereocenters. The molecule has 0 bridgehead atoms. The maximum absolute atomic E-state index is 13.5. The molecule has 0 aliphatic heterocycles. The summed E-state index contributed by atoms with van der Waals surface area (Å²) in [5.74, 6) is -0.570. The quantitative estimate of drug-likeness (QED) is 0.816. The molecule has 1 aromatic rings. The van der Waals surface area contributed by atoms with E-state index in [1.54, 1.807) is 6.92 Å². The van der Waals surface area contributed by atoms with Crippen molar-refractivity contribution in [2.45, 2.75) is 44.8 Å². The molecule has 1 aliphatic rings. The molecule has 6 heteroatoms. The smallest absolute Gasteiger partial charge is 0.237 e. The third-order valence-electron chi connectivity index (χ3n) is 3.32. The molecule has 0 heterocycles. The zero-order chi connectivity index (χ0) is 14.9. The summed E-state index contributed by atoms with van der Waals surface area (Å²) < 4.78 is 13.5. The van der Waals surface area contributed by atoms with Crippen molar-refractivity contribution in [1.29, 1.82) is 0 Å². The van der Waals surface area contributed by atoms with Gasteiger partial charge in [-0.3, -0.25) is 10.1 Å². The van der Waals surface area contributed by atoms with Crippen molar-refractivity contribution in [1.82, 2.24) is 10.6 Å². The molecular formula is C14H17Cl2FN2O. The van der Waals surface area contributed by atoms with E-state index in [0.29, 0.717) is 16.6 Å². The van der Waals surface area contributed by atoms with Crippen molar-refractivity contribution in [3.05, 3.63) is 33.6 Å². The number of halogens is 3. The average Bonchev–Trinajstić information content (AvgIpc) is 3.17. The van der Waals surface area contributed by atoms with Gasteiger partial charge in [-0.05, 0) is 44.4 Å². The van der Waals surface area contributed by atoms with Crippen molar-refractivity contribution in [3.8, 4) is 0 Å². The Morgan fingerprint density at radius 3 is 2.55 bits per heavy atom. The summed E-state index contributed by atoms with van der Waals surface area (Å²) >= 11 is 11.7. The van der Waals surface area contributed by atoms with Crippen LogP contribution < -0.4 is 10.6 Å². The molecule has 110 valence electrons. The van der Waals surface area contributed by atoms with Gasteiger partial charge >= 0.3 is 0 Å². The van der Waals surface area contributed by atoms with Gasteiger partial charge < -0.3 is 5.32 Å². The first kappa shape index (κ1) is 15.5. The molecule has 0 saturated heterocycles. The first-order valence-electron chi connectivity index (χ1n) is 6.59. The van der Waals surface area contributed by atoms with Crippen LogP contribution in [0.15, 0.2) is 12.1 Å². The lowest BCUT2D eigenvalue weighted by Gasteiger charge is -2.21. The van der Waals surface area contributed by atoms with E-state index in [1.165, 1.54) is 12.1 Å². The van der Waals surface area contributed by atoms with Crippen molar-refractivity contribution in [3.63, 3.8) is 0 Å². The predicted molar refractivity (Wildman–Crippen MR) is 78.6 cm³/mol. The van der Waals surface area contributed by atoms with Crippen LogP contribution in [0.25, 0.3) is 0 Å². The van der Waals surface area contributed by atoms with Crippen molar-refractivity contribution in [2.24, 2.45) is 0 Å². The first-order chi connectivity index (χ1) is 9.38. The summed E-state index contributed by atoms with van der Waals surface area (Å²) in [7, 11) is 0. The van der Waals surface area contributed by atoms with E-state index in [4.69, 9.17) is 23.2 Å². The third kappa shape index (κ3) is 3.84. The van der Waals surface area contributed by atoms with E-state index in [1.807, 2.05) is 6.92 Å². The molecule has 2 rings (SSSR count). The topological polar surface area (TPSA) is 41.1 Å². The lowest BCUT2D eigenvalue weighted by atomic mass is 10.1. The molecule has 1 saturated carbocycles. The highest BCUT2D eigenvalue weighted by atomic mass is 35.5. The number of benzene rings is 1. The van der Waals surface area contributed by atoms with Gasteiger partial charge in [-0.1, -0.05) is 23.2 Å². The number of rotatable bonds is 5. The van der Waals surface area contributed by atoms with Gasteiger partial charge in [0, 0.05) is 17.1 Å². The van der Waals surface area contributed by atoms with Crippen LogP contribution in [0.3, 0.4) is 0 Å². The van der Waals surface area contributed by atoms with Gasteiger partial charge in [0.25, 0.3) is 0 Å². The second-order valence-corrected chi connectivity index (χ2v) is 6.00. The number of carbonyl (C=O) groups excluding carboxylic acids is 1. The normalized spacial score (nSPS) is 17.6. The molecule has 1 amide bonds. The molecule has 20 heavy (non-hydrogen) atoms. The number of carbonyl (C=O) groups is 1. The second-order valence-electron chi connectivity index (χ2n) is 5.18. The van der Waals surface area contributed by atoms with Gasteiger partial charge in [0.05, 0.1) is 11.1 Å². The van der Waals surface area contributed by atoms with Crippen LogP contribution in [-0.4, -0.2) is 18.0 Å². The Morgan fingerprint density at radius 2 is 1.95 bits per heavy atom. The van der Waals surface area contributed by atoms with Crippen molar-refractivity contribution >= 4 is 29.1 Å². The highest BCUT2D eigenvalue weighted by molar-refractivity contribution is 6.35. The minimum Gasteiger partial charge on any atom is -0.352 e. The maximum atomic E-state index is 13.5. The zero-order valence-electron chi connectivity index (χ0n) is 11.3. The molecule has 0 spiro atoms. The molecule has 1 fully saturated rings. The molecule has 1 aromatic carbocycles. The average molecular weight is 319 g/mol. The Morgan fingerprint density at radius 1 is 1.30 bits per heavy atom. The SMILES string of the molecule is C[C@@H](N[C@H](C)c1cc(F)c(Cl)cc1Cl)C(=O)NC1CC1. The summed E-state index contributed by atoms with van der Waals surface area (Å²) in [5, 5.41) is 6.40. The Balaban J connectivity index is 2.01. The van der Waals surface area contributed by atoms with E-state index in [0.717, 1.165) is 12.8 Å². The summed E-state index contributed by atoms with van der Waals surface area (Å²) in [4.78, 5) is 11.9. The molecule has 2 N–H and O–H groups in total. The summed E-state index contributed by atoms with van der Waals surface area (Å²) in [5.41, 5.74) is 0.583. The van der Waals surface area contributed by atoms with Gasteiger partial charge in [-0.2, -0.15) is 0 Å². The monoisotopic (exact) mass is 318 g/mol. The minimum atomic E-state index is -0.519. The highest BCUT2D eigenvalue weighted by Gasteiger charge is 2.26. The minimum absolute atomic E-state index is 0.00882. The predicted octanol–water partition coefficient (Wildman–Crippen LogP) is 3.45. The van der Waals surface area contributed by atoms with Gasteiger partial charge in [0.1, 0.15) is 5.82 Å². The highest BCUT2D eigenvalue weighted by Crippen LogP contribution is 2.28. The summed E-state index contributed by atoms with van der Waals surface area (Å²) in [6.45, 7) is 3.60. The van der Waals surface area contributed by atoms with Crippen LogP contribution in [0, 0.1) is 5.82 Å². The van der Waals surface area contributed by atoms with E-state index in [2.05, 4.69) is 10.6 Å². The zero-order valence-corrected chi connectivity index (χ0v) is 12.9. The van der Waals surface area contributed by atoms with Crippen molar-refractivity contribution in [2.75, 3.05) is 0 Å². The van der Waals surface area contributed by atoms with Gasteiger partial charge in [-0.25, -0.2) is 4.39 Å². The molecule has 3 nitrogen and oxygen atoms in total. The van der Waals surface area contributed by atoms with Crippen molar-refractivity contribution < 1.29 is 9.18 Å². The number of hydrogen-bond donors (Lipinski definition) is 2. The summed E-state index contributed by atoms with van der Waals surface area (Å²) in [6, 6.07) is 2.36.